The van der Waals surface area contributed by atoms with Crippen LogP contribution in [-0.2, 0) is 18.9 Å². The van der Waals surface area contributed by atoms with Crippen molar-refractivity contribution in [2.45, 2.75) is 62.4 Å². The average Bonchev–Trinajstić information content (AvgIpc) is 2.48. The standard InChI is InChI=1S/C14H34O4Si2/c1-6-7-8-9-10-11-12(19-13(15-2)16-3)20-14(17-4)18-5/h12-14H,6-11,19-20H2,1-5H3. The molecule has 0 N–H and O–H groups in total. The third-order valence-electron chi connectivity index (χ3n) is 3.82. The Hall–Kier alpha value is 0.274. The zero-order valence-corrected chi connectivity index (χ0v) is 16.9. The predicted octanol–water partition coefficient (Wildman–Crippen LogP) is 1.58. The number of hydrogen-bond acceptors (Lipinski definition) is 4. The number of ether oxygens (including phenoxy) is 4. The van der Waals surface area contributed by atoms with E-state index >= 15 is 0 Å². The van der Waals surface area contributed by atoms with Crippen LogP contribution in [0.5, 0.6) is 0 Å². The molecule has 0 aliphatic heterocycles. The molecule has 4 nitrogen and oxygen atoms in total. The van der Waals surface area contributed by atoms with Crippen molar-refractivity contribution >= 4 is 19.0 Å². The van der Waals surface area contributed by atoms with Gasteiger partial charge in [-0.25, -0.2) is 0 Å². The molecule has 0 saturated carbocycles. The molecule has 0 radical (unpaired) electrons. The Balaban J connectivity index is 4.16. The van der Waals surface area contributed by atoms with Crippen LogP contribution in [0.15, 0.2) is 0 Å². The van der Waals surface area contributed by atoms with Gasteiger partial charge in [0.2, 0.25) is 0 Å². The second-order valence-electron chi connectivity index (χ2n) is 5.34. The highest BCUT2D eigenvalue weighted by atomic mass is 28.3. The lowest BCUT2D eigenvalue weighted by Gasteiger charge is -2.24. The van der Waals surface area contributed by atoms with Crippen molar-refractivity contribution in [1.29, 1.82) is 0 Å². The van der Waals surface area contributed by atoms with Crippen LogP contribution in [-0.4, -0.2) is 59.3 Å². The fraction of sp³-hybridized carbons (Fsp3) is 1.00. The number of unbranched alkanes of at least 4 members (excludes halogenated alkanes) is 4. The van der Waals surface area contributed by atoms with E-state index in [2.05, 4.69) is 6.92 Å². The van der Waals surface area contributed by atoms with Gasteiger partial charge < -0.3 is 18.9 Å². The highest BCUT2D eigenvalue weighted by Crippen LogP contribution is 2.18. The van der Waals surface area contributed by atoms with Crippen molar-refractivity contribution in [2.24, 2.45) is 0 Å². The topological polar surface area (TPSA) is 36.9 Å². The number of rotatable bonds is 14. The molecule has 0 aromatic rings. The van der Waals surface area contributed by atoms with Gasteiger partial charge in [-0.2, -0.15) is 0 Å². The predicted molar refractivity (Wildman–Crippen MR) is 89.8 cm³/mol. The Bertz CT molecular complexity index is 186. The highest BCUT2D eigenvalue weighted by Gasteiger charge is 2.21. The molecule has 0 fully saturated rings. The zero-order chi connectivity index (χ0) is 15.2. The summed E-state index contributed by atoms with van der Waals surface area (Å²) in [5, 5.41) is 0.784. The molecule has 0 aliphatic rings. The van der Waals surface area contributed by atoms with Crippen LogP contribution in [0.1, 0.15) is 45.4 Å². The van der Waals surface area contributed by atoms with E-state index in [4.69, 9.17) is 18.9 Å². The van der Waals surface area contributed by atoms with Crippen LogP contribution in [0.3, 0.4) is 0 Å². The SMILES string of the molecule is CCCCCCCC([SiH2]C(OC)OC)[SiH2]C(OC)OC. The van der Waals surface area contributed by atoms with E-state index in [-0.39, 0.29) is 11.8 Å². The quantitative estimate of drug-likeness (QED) is 0.276. The lowest BCUT2D eigenvalue weighted by atomic mass is 10.1. The molecule has 0 rings (SSSR count). The lowest BCUT2D eigenvalue weighted by Crippen LogP contribution is -2.34. The Morgan fingerprint density at radius 2 is 1.15 bits per heavy atom. The fourth-order valence-electron chi connectivity index (χ4n) is 2.49. The summed E-state index contributed by atoms with van der Waals surface area (Å²) in [5.74, 6) is 0.0787. The first-order valence-corrected chi connectivity index (χ1v) is 11.1. The van der Waals surface area contributed by atoms with Gasteiger partial charge >= 0.3 is 0 Å². The largest absolute Gasteiger partial charge is 0.360 e. The van der Waals surface area contributed by atoms with Gasteiger partial charge in [0.25, 0.3) is 0 Å². The summed E-state index contributed by atoms with van der Waals surface area (Å²) in [5.41, 5.74) is 0. The Morgan fingerprint density at radius 1 is 0.700 bits per heavy atom. The Kier molecular flexibility index (Phi) is 14.4. The number of methoxy groups -OCH3 is 4. The Morgan fingerprint density at radius 3 is 1.55 bits per heavy atom. The molecular weight excluding hydrogens is 288 g/mol. The van der Waals surface area contributed by atoms with Gasteiger partial charge in [0, 0.05) is 28.4 Å². The molecule has 0 bridgehead atoms. The van der Waals surface area contributed by atoms with Gasteiger partial charge in [-0.3, -0.25) is 0 Å². The zero-order valence-electron chi connectivity index (χ0n) is 14.0. The van der Waals surface area contributed by atoms with E-state index in [1.807, 2.05) is 0 Å². The van der Waals surface area contributed by atoms with Crippen LogP contribution >= 0.6 is 0 Å². The summed E-state index contributed by atoms with van der Waals surface area (Å²) in [6.45, 7) is 2.26. The molecular formula is C14H34O4Si2. The van der Waals surface area contributed by atoms with Crippen LogP contribution < -0.4 is 0 Å². The molecule has 0 saturated heterocycles. The molecule has 0 spiro atoms. The summed E-state index contributed by atoms with van der Waals surface area (Å²) < 4.78 is 21.6. The smallest absolute Gasteiger partial charge is 0.134 e. The van der Waals surface area contributed by atoms with E-state index in [1.165, 1.54) is 38.5 Å². The molecule has 0 aromatic carbocycles. The van der Waals surface area contributed by atoms with Gasteiger partial charge in [-0.05, 0) is 0 Å². The molecule has 20 heavy (non-hydrogen) atoms. The van der Waals surface area contributed by atoms with Crippen molar-refractivity contribution in [2.75, 3.05) is 28.4 Å². The molecule has 6 heteroatoms. The number of hydrogen-bond donors (Lipinski definition) is 0. The van der Waals surface area contributed by atoms with Crippen molar-refractivity contribution in [3.8, 4) is 0 Å². The van der Waals surface area contributed by atoms with Crippen LogP contribution in [0.2, 0.25) is 5.16 Å². The van der Waals surface area contributed by atoms with Gasteiger partial charge in [0.1, 0.15) is 11.8 Å². The molecule has 0 unspecified atom stereocenters. The third kappa shape index (κ3) is 10.1. The third-order valence-corrected chi connectivity index (χ3v) is 10.1. The Labute approximate surface area is 129 Å². The maximum Gasteiger partial charge on any atom is 0.134 e. The van der Waals surface area contributed by atoms with E-state index in [1.54, 1.807) is 28.4 Å². The summed E-state index contributed by atoms with van der Waals surface area (Å²) in [6, 6.07) is 0. The average molecular weight is 323 g/mol. The monoisotopic (exact) mass is 322 g/mol. The second-order valence-corrected chi connectivity index (χ2v) is 11.1. The van der Waals surface area contributed by atoms with Crippen LogP contribution in [0.4, 0.5) is 0 Å². The van der Waals surface area contributed by atoms with Crippen LogP contribution in [0.25, 0.3) is 0 Å². The molecule has 0 aliphatic carbocycles. The van der Waals surface area contributed by atoms with Crippen LogP contribution in [0, 0.1) is 0 Å². The van der Waals surface area contributed by atoms with Gasteiger partial charge in [0.05, 0.1) is 19.0 Å². The first-order valence-electron chi connectivity index (χ1n) is 7.82. The van der Waals surface area contributed by atoms with Crippen molar-refractivity contribution < 1.29 is 18.9 Å². The van der Waals surface area contributed by atoms with Crippen molar-refractivity contribution in [1.82, 2.24) is 0 Å². The maximum absolute atomic E-state index is 5.40. The van der Waals surface area contributed by atoms with E-state index in [0.29, 0.717) is 0 Å². The van der Waals surface area contributed by atoms with E-state index < -0.39 is 19.0 Å². The minimum absolute atomic E-state index is 0.0394. The van der Waals surface area contributed by atoms with E-state index in [9.17, 15) is 0 Å². The van der Waals surface area contributed by atoms with E-state index in [0.717, 1.165) is 5.16 Å². The van der Waals surface area contributed by atoms with Crippen molar-refractivity contribution in [3.05, 3.63) is 0 Å². The van der Waals surface area contributed by atoms with Gasteiger partial charge in [-0.15, -0.1) is 0 Å². The maximum atomic E-state index is 5.40. The summed E-state index contributed by atoms with van der Waals surface area (Å²) in [6.07, 6.45) is 8.00. The molecule has 0 heterocycles. The molecule has 0 amide bonds. The summed E-state index contributed by atoms with van der Waals surface area (Å²) in [7, 11) is 6.16. The molecule has 122 valence electrons. The second kappa shape index (κ2) is 14.2. The van der Waals surface area contributed by atoms with Crippen molar-refractivity contribution in [3.63, 3.8) is 0 Å². The first kappa shape index (κ1) is 20.3. The normalized spacial score (nSPS) is 14.6. The fourth-order valence-corrected chi connectivity index (χ4v) is 7.80. The molecule has 0 aromatic heterocycles. The minimum atomic E-state index is -0.404. The summed E-state index contributed by atoms with van der Waals surface area (Å²) in [4.78, 5) is 0. The molecule has 0 atom stereocenters. The van der Waals surface area contributed by atoms with Gasteiger partial charge in [-0.1, -0.05) is 50.6 Å². The lowest BCUT2D eigenvalue weighted by molar-refractivity contribution is -0.0474. The highest BCUT2D eigenvalue weighted by molar-refractivity contribution is 6.59. The summed E-state index contributed by atoms with van der Waals surface area (Å²) >= 11 is 0. The first-order chi connectivity index (χ1) is 9.71. The minimum Gasteiger partial charge on any atom is -0.360 e. The van der Waals surface area contributed by atoms with Gasteiger partial charge in [0.15, 0.2) is 0 Å².